The molecule has 194 valence electrons. The highest BCUT2D eigenvalue weighted by Crippen LogP contribution is 2.58. The Morgan fingerprint density at radius 2 is 1.58 bits per heavy atom. The van der Waals surface area contributed by atoms with Crippen molar-refractivity contribution in [3.63, 3.8) is 0 Å². The van der Waals surface area contributed by atoms with Crippen LogP contribution in [0.2, 0.25) is 0 Å². The third-order valence-electron chi connectivity index (χ3n) is 9.12. The van der Waals surface area contributed by atoms with Crippen molar-refractivity contribution in [1.29, 1.82) is 0 Å². The van der Waals surface area contributed by atoms with Gasteiger partial charge in [0.15, 0.2) is 0 Å². The predicted octanol–water partition coefficient (Wildman–Crippen LogP) is 8.04. The van der Waals surface area contributed by atoms with E-state index in [1.165, 1.54) is 17.7 Å². The van der Waals surface area contributed by atoms with Gasteiger partial charge in [0.2, 0.25) is 0 Å². The van der Waals surface area contributed by atoms with Crippen LogP contribution < -0.4 is 0 Å². The summed E-state index contributed by atoms with van der Waals surface area (Å²) in [6.07, 6.45) is 5.66. The lowest BCUT2D eigenvalue weighted by Gasteiger charge is -2.38. The zero-order valence-corrected chi connectivity index (χ0v) is 21.3. The minimum absolute atomic E-state index is 0.0351. The number of nitrogens with zero attached hydrogens (tertiary/aromatic N) is 1. The number of ether oxygens (including phenoxy) is 1. The molecule has 2 heterocycles. The first-order chi connectivity index (χ1) is 17.1. The molecule has 2 saturated carbocycles. The van der Waals surface area contributed by atoms with E-state index < -0.39 is 29.5 Å². The molecule has 0 radical (unpaired) electrons. The molecule has 6 heteroatoms. The van der Waals surface area contributed by atoms with Gasteiger partial charge in [-0.2, -0.15) is 13.2 Å². The molecular formula is C30H36F3NO2. The van der Waals surface area contributed by atoms with Gasteiger partial charge in [-0.25, -0.2) is 0 Å². The first kappa shape index (κ1) is 24.4. The van der Waals surface area contributed by atoms with Crippen molar-refractivity contribution in [2.75, 3.05) is 0 Å². The summed E-state index contributed by atoms with van der Waals surface area (Å²) in [5, 5.41) is 11.4. The highest BCUT2D eigenvalue weighted by Gasteiger charge is 2.51. The highest BCUT2D eigenvalue weighted by molar-refractivity contribution is 5.53. The largest absolute Gasteiger partial charge is 0.416 e. The maximum atomic E-state index is 13.3. The molecule has 0 saturated heterocycles. The summed E-state index contributed by atoms with van der Waals surface area (Å²) in [7, 11) is 0. The summed E-state index contributed by atoms with van der Waals surface area (Å²) >= 11 is 0. The summed E-state index contributed by atoms with van der Waals surface area (Å²) in [5.74, 6) is 0.339. The van der Waals surface area contributed by atoms with E-state index in [1.807, 2.05) is 0 Å². The van der Waals surface area contributed by atoms with Gasteiger partial charge in [0.1, 0.15) is 11.7 Å². The van der Waals surface area contributed by atoms with E-state index in [1.54, 1.807) is 12.1 Å². The van der Waals surface area contributed by atoms with Crippen LogP contribution in [0.15, 0.2) is 24.3 Å². The number of halogens is 3. The molecule has 0 bridgehead atoms. The lowest BCUT2D eigenvalue weighted by Crippen LogP contribution is -2.32. The number of pyridine rings is 1. The molecule has 2 atom stereocenters. The molecular weight excluding hydrogens is 463 g/mol. The van der Waals surface area contributed by atoms with Crippen molar-refractivity contribution in [1.82, 2.24) is 4.98 Å². The van der Waals surface area contributed by atoms with Gasteiger partial charge in [0.25, 0.3) is 0 Å². The molecule has 3 aliphatic carbocycles. The van der Waals surface area contributed by atoms with Crippen molar-refractivity contribution < 1.29 is 23.0 Å². The van der Waals surface area contributed by atoms with E-state index in [9.17, 15) is 18.3 Å². The Kier molecular flexibility index (Phi) is 5.80. The first-order valence-corrected chi connectivity index (χ1v) is 13.7. The second-order valence-corrected chi connectivity index (χ2v) is 12.4. The van der Waals surface area contributed by atoms with Crippen LogP contribution >= 0.6 is 0 Å². The number of aromatic nitrogens is 1. The fraction of sp³-hybridized carbons (Fsp3) is 0.633. The second-order valence-electron chi connectivity index (χ2n) is 12.4. The van der Waals surface area contributed by atoms with Crippen molar-refractivity contribution in [3.05, 3.63) is 63.5 Å². The molecule has 2 fully saturated rings. The van der Waals surface area contributed by atoms with Crippen LogP contribution in [-0.2, 0) is 22.9 Å². The number of aliphatic hydroxyl groups is 1. The Morgan fingerprint density at radius 1 is 0.917 bits per heavy atom. The molecule has 0 amide bonds. The predicted molar refractivity (Wildman–Crippen MR) is 132 cm³/mol. The molecule has 2 aromatic rings. The number of hydrogen-bond donors (Lipinski definition) is 1. The van der Waals surface area contributed by atoms with Crippen LogP contribution in [0.3, 0.4) is 0 Å². The minimum Gasteiger partial charge on any atom is -0.388 e. The normalized spacial score (nSPS) is 27.3. The molecule has 6 rings (SSSR count). The Hall–Kier alpha value is -1.92. The Balaban J connectivity index is 1.57. The SMILES string of the molecule is CC1(C)Cc2nc3c(c(C4CCCC4)c2[C@@H](O)C1)[C@@H](c1ccc(C(F)(F)F)cc1)OC31CCCCC1. The zero-order valence-electron chi connectivity index (χ0n) is 21.3. The number of rotatable bonds is 2. The van der Waals surface area contributed by atoms with Crippen LogP contribution in [-0.4, -0.2) is 10.1 Å². The topological polar surface area (TPSA) is 42.4 Å². The zero-order chi connectivity index (χ0) is 25.3. The molecule has 1 aliphatic heterocycles. The summed E-state index contributed by atoms with van der Waals surface area (Å²) in [6.45, 7) is 4.39. The van der Waals surface area contributed by atoms with E-state index in [0.29, 0.717) is 12.3 Å². The number of aliphatic hydroxyl groups excluding tert-OH is 1. The van der Waals surface area contributed by atoms with Crippen LogP contribution in [0, 0.1) is 5.41 Å². The minimum atomic E-state index is -4.37. The first-order valence-electron chi connectivity index (χ1n) is 13.7. The Morgan fingerprint density at radius 3 is 2.22 bits per heavy atom. The average molecular weight is 500 g/mol. The Bertz CT molecular complexity index is 1140. The van der Waals surface area contributed by atoms with E-state index in [2.05, 4.69) is 13.8 Å². The van der Waals surface area contributed by atoms with Gasteiger partial charge < -0.3 is 9.84 Å². The van der Waals surface area contributed by atoms with Gasteiger partial charge in [0.05, 0.1) is 17.4 Å². The Labute approximate surface area is 211 Å². The van der Waals surface area contributed by atoms with Gasteiger partial charge >= 0.3 is 6.18 Å². The van der Waals surface area contributed by atoms with Crippen LogP contribution in [0.25, 0.3) is 0 Å². The average Bonchev–Trinajstić information content (AvgIpc) is 3.45. The smallest absolute Gasteiger partial charge is 0.388 e. The molecule has 1 aromatic heterocycles. The maximum Gasteiger partial charge on any atom is 0.416 e. The van der Waals surface area contributed by atoms with Crippen LogP contribution in [0.1, 0.15) is 135 Å². The highest BCUT2D eigenvalue weighted by atomic mass is 19.4. The number of hydrogen-bond acceptors (Lipinski definition) is 3. The molecule has 3 nitrogen and oxygen atoms in total. The van der Waals surface area contributed by atoms with E-state index in [-0.39, 0.29) is 5.41 Å². The standard InChI is InChI=1S/C30H36F3NO2/c1-28(2)16-21-24(22(35)17-28)23(18-8-4-5-9-18)25-26(19-10-12-20(13-11-19)30(31,32)33)36-29(27(25)34-21)14-6-3-7-15-29/h10-13,18,22,26,35H,3-9,14-17H2,1-2H3/t22-,26+/m0/s1. The molecule has 4 aliphatic rings. The van der Waals surface area contributed by atoms with Crippen molar-refractivity contribution in [2.24, 2.45) is 5.41 Å². The second kappa shape index (κ2) is 8.56. The molecule has 1 aromatic carbocycles. The summed E-state index contributed by atoms with van der Waals surface area (Å²) in [5.41, 5.74) is 4.87. The monoisotopic (exact) mass is 499 g/mol. The molecule has 36 heavy (non-hydrogen) atoms. The van der Waals surface area contributed by atoms with E-state index in [0.717, 1.165) is 92.3 Å². The van der Waals surface area contributed by atoms with E-state index in [4.69, 9.17) is 9.72 Å². The fourth-order valence-corrected chi connectivity index (χ4v) is 7.51. The van der Waals surface area contributed by atoms with E-state index >= 15 is 0 Å². The van der Waals surface area contributed by atoms with Gasteiger partial charge in [-0.1, -0.05) is 58.1 Å². The lowest BCUT2D eigenvalue weighted by molar-refractivity contribution is -0.137. The van der Waals surface area contributed by atoms with Crippen LogP contribution in [0.5, 0.6) is 0 Å². The number of fused-ring (bicyclic) bond motifs is 3. The van der Waals surface area contributed by atoms with Gasteiger partial charge in [-0.15, -0.1) is 0 Å². The van der Waals surface area contributed by atoms with Crippen molar-refractivity contribution >= 4 is 0 Å². The third-order valence-corrected chi connectivity index (χ3v) is 9.12. The van der Waals surface area contributed by atoms with Gasteiger partial charge in [-0.05, 0) is 73.1 Å². The lowest BCUT2D eigenvalue weighted by atomic mass is 9.70. The number of benzene rings is 1. The summed E-state index contributed by atoms with van der Waals surface area (Å²) in [4.78, 5) is 5.32. The van der Waals surface area contributed by atoms with Gasteiger partial charge in [0, 0.05) is 16.8 Å². The van der Waals surface area contributed by atoms with Crippen molar-refractivity contribution in [3.8, 4) is 0 Å². The van der Waals surface area contributed by atoms with Gasteiger partial charge in [-0.3, -0.25) is 4.98 Å². The fourth-order valence-electron chi connectivity index (χ4n) is 7.51. The quantitative estimate of drug-likeness (QED) is 0.455. The summed E-state index contributed by atoms with van der Waals surface area (Å²) < 4.78 is 46.9. The van der Waals surface area contributed by atoms with Crippen molar-refractivity contribution in [2.45, 2.75) is 114 Å². The molecule has 1 spiro atoms. The number of alkyl halides is 3. The third kappa shape index (κ3) is 3.99. The maximum absolute atomic E-state index is 13.3. The molecule has 0 unspecified atom stereocenters. The summed E-state index contributed by atoms with van der Waals surface area (Å²) in [6, 6.07) is 5.50. The van der Waals surface area contributed by atoms with Crippen LogP contribution in [0.4, 0.5) is 13.2 Å². The molecule has 1 N–H and O–H groups in total.